The maximum Gasteiger partial charge on any atom is 0.160 e. The molecule has 2 aromatic heterocycles. The maximum atomic E-state index is 5.25. The monoisotopic (exact) mass is 635 g/mol. The summed E-state index contributed by atoms with van der Waals surface area (Å²) >= 11 is 1.94. The molecule has 1 aliphatic heterocycles. The topological polar surface area (TPSA) is 30.7 Å². The van der Waals surface area contributed by atoms with E-state index in [-0.39, 0.29) is 0 Å². The summed E-state index contributed by atoms with van der Waals surface area (Å²) in [4.78, 5) is 13.2. The van der Waals surface area contributed by atoms with Crippen LogP contribution >= 0.6 is 11.8 Å². The summed E-state index contributed by atoms with van der Waals surface area (Å²) in [6.45, 7) is 0. The van der Waals surface area contributed by atoms with E-state index in [9.17, 15) is 0 Å². The highest BCUT2D eigenvalue weighted by atomic mass is 32.2. The molecule has 3 heterocycles. The molecule has 4 aliphatic rings. The van der Waals surface area contributed by atoms with Gasteiger partial charge < -0.3 is 4.57 Å². The van der Waals surface area contributed by atoms with Crippen molar-refractivity contribution in [1.29, 1.82) is 0 Å². The zero-order chi connectivity index (χ0) is 31.6. The molecule has 6 aromatic rings. The van der Waals surface area contributed by atoms with E-state index >= 15 is 0 Å². The molecule has 3 aliphatic carbocycles. The molecule has 3 nitrogen and oxygen atoms in total. The minimum Gasteiger partial charge on any atom is -0.313 e. The number of benzene rings is 4. The smallest absolute Gasteiger partial charge is 0.160 e. The Morgan fingerprint density at radius 3 is 2.31 bits per heavy atom. The van der Waals surface area contributed by atoms with Gasteiger partial charge in [-0.15, -0.1) is 0 Å². The molecular formula is C44H33N3S. The lowest BCUT2D eigenvalue weighted by Gasteiger charge is -2.21. The number of allylic oxidation sites excluding steroid dienone is 9. The van der Waals surface area contributed by atoms with Gasteiger partial charge in [0.2, 0.25) is 0 Å². The van der Waals surface area contributed by atoms with Gasteiger partial charge in [0.05, 0.1) is 16.7 Å². The summed E-state index contributed by atoms with van der Waals surface area (Å²) < 4.78 is 2.48. The molecule has 0 amide bonds. The Bertz CT molecular complexity index is 2450. The zero-order valence-electron chi connectivity index (χ0n) is 26.6. The van der Waals surface area contributed by atoms with Crippen LogP contribution in [0.15, 0.2) is 148 Å². The Labute approximate surface area is 284 Å². The van der Waals surface area contributed by atoms with Crippen LogP contribution in [-0.2, 0) is 6.42 Å². The molecule has 1 atom stereocenters. The fourth-order valence-electron chi connectivity index (χ4n) is 8.05. The van der Waals surface area contributed by atoms with Crippen LogP contribution in [0.5, 0.6) is 0 Å². The summed E-state index contributed by atoms with van der Waals surface area (Å²) in [6, 6.07) is 35.1. The second kappa shape index (κ2) is 11.2. The number of nitrogens with zero attached hydrogens (tertiary/aromatic N) is 3. The average Bonchev–Trinajstić information content (AvgIpc) is 3.69. The molecule has 0 fully saturated rings. The lowest BCUT2D eigenvalue weighted by Crippen LogP contribution is -2.10. The highest BCUT2D eigenvalue weighted by Gasteiger charge is 2.34. The second-order valence-electron chi connectivity index (χ2n) is 13.2. The molecule has 0 saturated heterocycles. The summed E-state index contributed by atoms with van der Waals surface area (Å²) in [6.07, 6.45) is 19.1. The van der Waals surface area contributed by atoms with Crippen molar-refractivity contribution in [2.24, 2.45) is 0 Å². The first-order valence-corrected chi connectivity index (χ1v) is 17.8. The van der Waals surface area contributed by atoms with E-state index in [1.165, 1.54) is 59.9 Å². The van der Waals surface area contributed by atoms with Gasteiger partial charge in [0.15, 0.2) is 5.82 Å². The molecule has 0 radical (unpaired) electrons. The summed E-state index contributed by atoms with van der Waals surface area (Å²) in [5.41, 5.74) is 13.9. The van der Waals surface area contributed by atoms with E-state index in [1.54, 1.807) is 0 Å². The first-order chi connectivity index (χ1) is 23.8. The van der Waals surface area contributed by atoms with Crippen molar-refractivity contribution in [2.75, 3.05) is 0 Å². The molecule has 4 aromatic carbocycles. The van der Waals surface area contributed by atoms with Crippen molar-refractivity contribution in [3.05, 3.63) is 166 Å². The minimum atomic E-state index is 0.418. The number of rotatable bonds is 4. The summed E-state index contributed by atoms with van der Waals surface area (Å²) in [7, 11) is 0. The number of aromatic nitrogens is 3. The molecule has 230 valence electrons. The zero-order valence-corrected chi connectivity index (χ0v) is 27.4. The molecule has 48 heavy (non-hydrogen) atoms. The molecule has 10 rings (SSSR count). The fraction of sp³-hybridized carbons (Fsp3) is 0.136. The molecule has 0 saturated carbocycles. The van der Waals surface area contributed by atoms with Crippen molar-refractivity contribution in [2.45, 2.75) is 42.9 Å². The van der Waals surface area contributed by atoms with Crippen molar-refractivity contribution in [3.8, 4) is 17.1 Å². The van der Waals surface area contributed by atoms with E-state index in [0.717, 1.165) is 60.1 Å². The molecule has 0 bridgehead atoms. The van der Waals surface area contributed by atoms with Crippen molar-refractivity contribution in [1.82, 2.24) is 14.5 Å². The van der Waals surface area contributed by atoms with Gasteiger partial charge >= 0.3 is 0 Å². The third-order valence-electron chi connectivity index (χ3n) is 10.4. The van der Waals surface area contributed by atoms with Gasteiger partial charge in [-0.3, -0.25) is 0 Å². The third kappa shape index (κ3) is 4.51. The number of para-hydroxylation sites is 2. The first-order valence-electron chi connectivity index (χ1n) is 17.0. The quantitative estimate of drug-likeness (QED) is 0.193. The lowest BCUT2D eigenvalue weighted by atomic mass is 9.87. The maximum absolute atomic E-state index is 5.25. The van der Waals surface area contributed by atoms with Crippen LogP contribution in [0.25, 0.3) is 50.5 Å². The van der Waals surface area contributed by atoms with Gasteiger partial charge in [-0.25, -0.2) is 9.97 Å². The van der Waals surface area contributed by atoms with Crippen LogP contribution in [0.4, 0.5) is 0 Å². The number of hydrogen-bond acceptors (Lipinski definition) is 3. The van der Waals surface area contributed by atoms with E-state index in [4.69, 9.17) is 9.97 Å². The molecule has 4 heteroatoms. The third-order valence-corrected chi connectivity index (χ3v) is 11.7. The van der Waals surface area contributed by atoms with Gasteiger partial charge in [0.25, 0.3) is 0 Å². The van der Waals surface area contributed by atoms with Gasteiger partial charge in [0, 0.05) is 50.5 Å². The normalized spacial score (nSPS) is 18.1. The minimum absolute atomic E-state index is 0.418. The number of fused-ring (bicyclic) bond motifs is 7. The average molecular weight is 636 g/mol. The second-order valence-corrected chi connectivity index (χ2v) is 14.3. The highest BCUT2D eigenvalue weighted by molar-refractivity contribution is 8.03. The van der Waals surface area contributed by atoms with Crippen LogP contribution < -0.4 is 0 Å². The van der Waals surface area contributed by atoms with E-state index in [1.807, 2.05) is 11.8 Å². The molecule has 0 spiro atoms. The Balaban J connectivity index is 1.04. The lowest BCUT2D eigenvalue weighted by molar-refractivity contribution is 0.772. The molecule has 0 N–H and O–H groups in total. The summed E-state index contributed by atoms with van der Waals surface area (Å²) in [5, 5.41) is 2.43. The SMILES string of the molecule is C1=CCCC(C2=CC=C(c3nc(-c4ccc(-n5c6c(c7ccccc75)C=C5Sc7ccccc7C5C6)cc4)nc4ccccc34)CC2)=C1. The number of hydrogen-bond donors (Lipinski definition) is 0. The van der Waals surface area contributed by atoms with Gasteiger partial charge in [0.1, 0.15) is 0 Å². The molecule has 1 unspecified atom stereocenters. The predicted octanol–water partition coefficient (Wildman–Crippen LogP) is 11.4. The van der Waals surface area contributed by atoms with Gasteiger partial charge in [-0.2, -0.15) is 0 Å². The van der Waals surface area contributed by atoms with E-state index in [2.05, 4.69) is 138 Å². The van der Waals surface area contributed by atoms with E-state index < -0.39 is 0 Å². The van der Waals surface area contributed by atoms with Crippen molar-refractivity contribution in [3.63, 3.8) is 0 Å². The Hall–Kier alpha value is -5.19. The first kappa shape index (κ1) is 27.9. The summed E-state index contributed by atoms with van der Waals surface area (Å²) in [5.74, 6) is 1.19. The van der Waals surface area contributed by atoms with E-state index in [0.29, 0.717) is 5.92 Å². The van der Waals surface area contributed by atoms with Crippen molar-refractivity contribution < 1.29 is 0 Å². The van der Waals surface area contributed by atoms with Crippen LogP contribution in [0.3, 0.4) is 0 Å². The highest BCUT2D eigenvalue weighted by Crippen LogP contribution is 2.54. The Kier molecular flexibility index (Phi) is 6.51. The van der Waals surface area contributed by atoms with Gasteiger partial charge in [-0.05, 0) is 101 Å². The number of thioether (sulfide) groups is 1. The Morgan fingerprint density at radius 1 is 0.688 bits per heavy atom. The van der Waals surface area contributed by atoms with Crippen molar-refractivity contribution >= 4 is 45.2 Å². The van der Waals surface area contributed by atoms with Crippen LogP contribution in [-0.4, -0.2) is 14.5 Å². The standard InChI is InChI=1S/C44H33N3S/c1-2-10-28(11-3-1)29-18-20-30(21-19-29)43-35-14-4-7-15-38(35)45-44(46-43)31-22-24-32(25-23-31)47-39-16-8-5-12-33(39)36-27-42-37(26-40(36)47)34-13-6-9-17-41(34)48-42/h1-2,4-10,12-18,20,22-25,27,37H,3,11,19,21,26H2. The Morgan fingerprint density at radius 2 is 1.46 bits per heavy atom. The molecular weight excluding hydrogens is 603 g/mol. The largest absolute Gasteiger partial charge is 0.313 e. The van der Waals surface area contributed by atoms with Crippen LogP contribution in [0.2, 0.25) is 0 Å². The van der Waals surface area contributed by atoms with Gasteiger partial charge in [-0.1, -0.05) is 96.7 Å². The fourth-order valence-corrected chi connectivity index (χ4v) is 9.30. The van der Waals surface area contributed by atoms with Crippen LogP contribution in [0.1, 0.15) is 54.1 Å². The predicted molar refractivity (Wildman–Crippen MR) is 200 cm³/mol. The van der Waals surface area contributed by atoms with Crippen LogP contribution in [0, 0.1) is 0 Å².